The number of carbonyl (C=O) groups is 1. The maximum atomic E-state index is 12.2. The van der Waals surface area contributed by atoms with Gasteiger partial charge in [0.2, 0.25) is 0 Å². The number of aromatic nitrogens is 2. The van der Waals surface area contributed by atoms with E-state index in [1.54, 1.807) is 11.5 Å². The second-order valence-corrected chi connectivity index (χ2v) is 4.78. The Morgan fingerprint density at radius 3 is 2.95 bits per heavy atom. The van der Waals surface area contributed by atoms with Gasteiger partial charge in [-0.3, -0.25) is 4.57 Å². The summed E-state index contributed by atoms with van der Waals surface area (Å²) in [5.41, 5.74) is 2.77. The van der Waals surface area contributed by atoms with Crippen LogP contribution >= 0.6 is 0 Å². The van der Waals surface area contributed by atoms with Gasteiger partial charge in [0, 0.05) is 5.70 Å². The lowest BCUT2D eigenvalue weighted by Gasteiger charge is -2.08. The van der Waals surface area contributed by atoms with Crippen molar-refractivity contribution in [3.8, 4) is 0 Å². The first-order valence-corrected chi connectivity index (χ1v) is 6.81. The van der Waals surface area contributed by atoms with Crippen LogP contribution in [0.15, 0.2) is 34.6 Å². The number of esters is 1. The topological polar surface area (TPSA) is 64.1 Å². The molecule has 0 saturated carbocycles. The van der Waals surface area contributed by atoms with Crippen LogP contribution in [0.4, 0.5) is 0 Å². The minimum atomic E-state index is -0.308. The molecule has 0 spiro atoms. The van der Waals surface area contributed by atoms with E-state index >= 15 is 0 Å². The van der Waals surface area contributed by atoms with Crippen molar-refractivity contribution in [3.05, 3.63) is 40.3 Å². The number of nitrogens with one attached hydrogen (secondary N) is 1. The average molecular weight is 272 g/mol. The summed E-state index contributed by atoms with van der Waals surface area (Å²) in [6.07, 6.45) is 2.26. The molecule has 0 saturated heterocycles. The molecule has 0 aliphatic heterocycles. The third kappa shape index (κ3) is 1.95. The molecule has 5 nitrogen and oxygen atoms in total. The lowest BCUT2D eigenvalue weighted by molar-refractivity contribution is -0.138. The molecule has 104 valence electrons. The summed E-state index contributed by atoms with van der Waals surface area (Å²) in [5.74, 6) is -0.308. The van der Waals surface area contributed by atoms with Crippen molar-refractivity contribution in [2.45, 2.75) is 26.2 Å². The number of hydrogen-bond acceptors (Lipinski definition) is 3. The van der Waals surface area contributed by atoms with Gasteiger partial charge in [0.1, 0.15) is 0 Å². The molecule has 1 heterocycles. The van der Waals surface area contributed by atoms with Crippen molar-refractivity contribution in [1.82, 2.24) is 9.55 Å². The molecule has 20 heavy (non-hydrogen) atoms. The minimum absolute atomic E-state index is 0.204. The van der Waals surface area contributed by atoms with Crippen LogP contribution < -0.4 is 5.69 Å². The van der Waals surface area contributed by atoms with E-state index in [4.69, 9.17) is 4.74 Å². The van der Waals surface area contributed by atoms with Gasteiger partial charge in [0.25, 0.3) is 0 Å². The molecule has 0 atom stereocenters. The van der Waals surface area contributed by atoms with Gasteiger partial charge in [0.15, 0.2) is 0 Å². The van der Waals surface area contributed by atoms with Crippen molar-refractivity contribution in [1.29, 1.82) is 0 Å². The van der Waals surface area contributed by atoms with E-state index < -0.39 is 0 Å². The van der Waals surface area contributed by atoms with Gasteiger partial charge >= 0.3 is 11.7 Å². The number of allylic oxidation sites excluding steroid dienone is 1. The molecule has 0 amide bonds. The Bertz CT molecular complexity index is 752. The Hall–Kier alpha value is -2.30. The highest BCUT2D eigenvalue weighted by Crippen LogP contribution is 2.31. The number of H-pyrrole nitrogens is 1. The monoisotopic (exact) mass is 272 g/mol. The van der Waals surface area contributed by atoms with E-state index in [2.05, 4.69) is 4.98 Å². The van der Waals surface area contributed by atoms with E-state index in [9.17, 15) is 9.59 Å². The lowest BCUT2D eigenvalue weighted by atomic mass is 10.2. The molecule has 1 aromatic heterocycles. The first kappa shape index (κ1) is 12.7. The van der Waals surface area contributed by atoms with Crippen LogP contribution in [0.3, 0.4) is 0 Å². The van der Waals surface area contributed by atoms with E-state index in [0.717, 1.165) is 29.6 Å². The Balaban J connectivity index is 2.19. The smallest absolute Gasteiger partial charge is 0.335 e. The molecule has 1 aliphatic rings. The molecule has 1 aliphatic carbocycles. The second kappa shape index (κ2) is 5.00. The number of benzene rings is 1. The first-order valence-electron chi connectivity index (χ1n) is 6.81. The van der Waals surface area contributed by atoms with E-state index in [0.29, 0.717) is 18.6 Å². The van der Waals surface area contributed by atoms with Gasteiger partial charge in [-0.2, -0.15) is 0 Å². The lowest BCUT2D eigenvalue weighted by Crippen LogP contribution is -2.18. The predicted molar refractivity (Wildman–Crippen MR) is 76.3 cm³/mol. The van der Waals surface area contributed by atoms with Crippen molar-refractivity contribution >= 4 is 22.7 Å². The fourth-order valence-corrected chi connectivity index (χ4v) is 2.74. The van der Waals surface area contributed by atoms with Gasteiger partial charge in [-0.25, -0.2) is 9.59 Å². The van der Waals surface area contributed by atoms with E-state index in [-0.39, 0.29) is 11.7 Å². The van der Waals surface area contributed by atoms with Crippen LogP contribution in [0.5, 0.6) is 0 Å². The van der Waals surface area contributed by atoms with Crippen LogP contribution in [-0.2, 0) is 9.53 Å². The Morgan fingerprint density at radius 1 is 1.35 bits per heavy atom. The number of rotatable bonds is 3. The number of aromatic amines is 1. The molecule has 0 fully saturated rings. The number of para-hydroxylation sites is 2. The number of imidazole rings is 1. The predicted octanol–water partition coefficient (Wildman–Crippen LogP) is 2.29. The molecule has 0 bridgehead atoms. The standard InChI is InChI=1S/C15H16N2O3/c1-2-20-14(18)10-6-5-9-12(10)17-13-8-4-3-7-11(13)16-15(17)19/h3-4,7-8H,2,5-6,9H2,1H3,(H,16,19). The fraction of sp³-hybridized carbons (Fsp3) is 0.333. The molecule has 0 radical (unpaired) electrons. The number of carbonyl (C=O) groups excluding carboxylic acids is 1. The summed E-state index contributed by atoms with van der Waals surface area (Å²) < 4.78 is 6.69. The summed E-state index contributed by atoms with van der Waals surface area (Å²) in [4.78, 5) is 27.0. The second-order valence-electron chi connectivity index (χ2n) is 4.78. The van der Waals surface area contributed by atoms with Crippen molar-refractivity contribution in [3.63, 3.8) is 0 Å². The molecule has 5 heteroatoms. The van der Waals surface area contributed by atoms with Gasteiger partial charge in [-0.05, 0) is 38.3 Å². The zero-order chi connectivity index (χ0) is 14.1. The Kier molecular flexibility index (Phi) is 3.18. The maximum absolute atomic E-state index is 12.2. The third-order valence-electron chi connectivity index (χ3n) is 3.57. The van der Waals surface area contributed by atoms with Gasteiger partial charge < -0.3 is 9.72 Å². The highest BCUT2D eigenvalue weighted by Gasteiger charge is 2.25. The van der Waals surface area contributed by atoms with Crippen LogP contribution in [0.2, 0.25) is 0 Å². The van der Waals surface area contributed by atoms with Gasteiger partial charge in [-0.15, -0.1) is 0 Å². The number of fused-ring (bicyclic) bond motifs is 1. The normalized spacial score (nSPS) is 15.1. The minimum Gasteiger partial charge on any atom is -0.463 e. The van der Waals surface area contributed by atoms with Gasteiger partial charge in [-0.1, -0.05) is 12.1 Å². The number of ether oxygens (including phenoxy) is 1. The first-order chi connectivity index (χ1) is 9.72. The van der Waals surface area contributed by atoms with Crippen molar-refractivity contribution < 1.29 is 9.53 Å². The highest BCUT2D eigenvalue weighted by molar-refractivity contribution is 5.96. The molecule has 3 rings (SSSR count). The number of hydrogen-bond donors (Lipinski definition) is 1. The summed E-state index contributed by atoms with van der Waals surface area (Å²) in [7, 11) is 0. The van der Waals surface area contributed by atoms with Crippen LogP contribution in [0.25, 0.3) is 16.7 Å². The Morgan fingerprint density at radius 2 is 2.15 bits per heavy atom. The summed E-state index contributed by atoms with van der Waals surface area (Å²) in [6, 6.07) is 7.48. The number of nitrogens with zero attached hydrogens (tertiary/aromatic N) is 1. The van der Waals surface area contributed by atoms with Crippen LogP contribution in [0.1, 0.15) is 26.2 Å². The quantitative estimate of drug-likeness (QED) is 0.872. The molecule has 1 N–H and O–H groups in total. The molecular formula is C15H16N2O3. The zero-order valence-corrected chi connectivity index (χ0v) is 11.3. The Labute approximate surface area is 115 Å². The summed E-state index contributed by atoms with van der Waals surface area (Å²) >= 11 is 0. The highest BCUT2D eigenvalue weighted by atomic mass is 16.5. The summed E-state index contributed by atoms with van der Waals surface area (Å²) in [6.45, 7) is 2.13. The van der Waals surface area contributed by atoms with Crippen LogP contribution in [0, 0.1) is 0 Å². The van der Waals surface area contributed by atoms with Crippen molar-refractivity contribution in [2.24, 2.45) is 0 Å². The van der Waals surface area contributed by atoms with Crippen molar-refractivity contribution in [2.75, 3.05) is 6.61 Å². The van der Waals surface area contributed by atoms with E-state index in [1.807, 2.05) is 24.3 Å². The fourth-order valence-electron chi connectivity index (χ4n) is 2.74. The molecule has 1 aromatic carbocycles. The summed E-state index contributed by atoms with van der Waals surface area (Å²) in [5, 5.41) is 0. The largest absolute Gasteiger partial charge is 0.463 e. The van der Waals surface area contributed by atoms with Crippen LogP contribution in [-0.4, -0.2) is 22.1 Å². The average Bonchev–Trinajstić information content (AvgIpc) is 3.01. The maximum Gasteiger partial charge on any atom is 0.335 e. The third-order valence-corrected chi connectivity index (χ3v) is 3.57. The zero-order valence-electron chi connectivity index (χ0n) is 11.3. The molecular weight excluding hydrogens is 256 g/mol. The molecule has 2 aromatic rings. The molecule has 0 unspecified atom stereocenters. The van der Waals surface area contributed by atoms with E-state index in [1.165, 1.54) is 0 Å². The van der Waals surface area contributed by atoms with Gasteiger partial charge in [0.05, 0.1) is 23.2 Å². The SMILES string of the molecule is CCOC(=O)C1=C(n2c(=O)[nH]c3ccccc32)CCC1.